The zero-order valence-electron chi connectivity index (χ0n) is 18.6. The number of amides is 2. The number of rotatable bonds is 7. The van der Waals surface area contributed by atoms with Gasteiger partial charge in [0.05, 0.1) is 6.10 Å². The predicted molar refractivity (Wildman–Crippen MR) is 124 cm³/mol. The van der Waals surface area contributed by atoms with Crippen LogP contribution in [0.25, 0.3) is 0 Å². The monoisotopic (exact) mass is 470 g/mol. The van der Waals surface area contributed by atoms with Gasteiger partial charge < -0.3 is 24.8 Å². The Morgan fingerprint density at radius 1 is 1.24 bits per heavy atom. The van der Waals surface area contributed by atoms with Crippen LogP contribution in [0.1, 0.15) is 55.1 Å². The molecule has 176 valence electrons. The van der Waals surface area contributed by atoms with E-state index in [1.807, 2.05) is 40.6 Å². The summed E-state index contributed by atoms with van der Waals surface area (Å²) in [5, 5.41) is 15.8. The van der Waals surface area contributed by atoms with Crippen molar-refractivity contribution in [3.63, 3.8) is 0 Å². The molecular formula is C25H30N2O5S. The molecule has 0 saturated carbocycles. The van der Waals surface area contributed by atoms with Crippen molar-refractivity contribution in [1.82, 2.24) is 10.2 Å². The highest BCUT2D eigenvalue weighted by Gasteiger charge is 2.39. The van der Waals surface area contributed by atoms with Gasteiger partial charge in [0.2, 0.25) is 18.6 Å². The third kappa shape index (κ3) is 4.87. The summed E-state index contributed by atoms with van der Waals surface area (Å²) in [5.74, 6) is 1.85. The summed E-state index contributed by atoms with van der Waals surface area (Å²) in [6, 6.07) is 9.82. The molecule has 2 saturated heterocycles. The lowest BCUT2D eigenvalue weighted by Gasteiger charge is -2.35. The quantitative estimate of drug-likeness (QED) is 0.647. The number of hydrogen-bond acceptors (Lipinski definition) is 6. The molecule has 3 aliphatic heterocycles. The molecule has 1 aromatic heterocycles. The number of aliphatic hydroxyl groups excluding tert-OH is 1. The molecule has 33 heavy (non-hydrogen) atoms. The first kappa shape index (κ1) is 22.2. The summed E-state index contributed by atoms with van der Waals surface area (Å²) >= 11 is 1.58. The van der Waals surface area contributed by atoms with Crippen LogP contribution in [0, 0.1) is 5.92 Å². The van der Waals surface area contributed by atoms with Crippen molar-refractivity contribution in [2.75, 3.05) is 19.9 Å². The van der Waals surface area contributed by atoms with E-state index in [0.29, 0.717) is 38.8 Å². The van der Waals surface area contributed by atoms with E-state index in [9.17, 15) is 14.7 Å². The Bertz CT molecular complexity index is 1000. The number of aliphatic hydroxyl groups is 1. The molecule has 0 aliphatic carbocycles. The number of benzene rings is 1. The Hall–Kier alpha value is -2.58. The van der Waals surface area contributed by atoms with Gasteiger partial charge >= 0.3 is 0 Å². The van der Waals surface area contributed by atoms with Gasteiger partial charge in [-0.25, -0.2) is 0 Å². The molecular weight excluding hydrogens is 440 g/mol. The van der Waals surface area contributed by atoms with Crippen LogP contribution < -0.4 is 14.8 Å². The van der Waals surface area contributed by atoms with E-state index < -0.39 is 11.6 Å². The number of thiophene rings is 1. The third-order valence-electron chi connectivity index (χ3n) is 7.21. The van der Waals surface area contributed by atoms with Crippen molar-refractivity contribution in [2.24, 2.45) is 5.92 Å². The first-order valence-corrected chi connectivity index (χ1v) is 12.6. The Kier molecular flexibility index (Phi) is 6.29. The van der Waals surface area contributed by atoms with Gasteiger partial charge in [-0.05, 0) is 67.2 Å². The maximum absolute atomic E-state index is 13.0. The number of fused-ring (bicyclic) bond motifs is 1. The minimum absolute atomic E-state index is 0.0478. The largest absolute Gasteiger partial charge is 0.454 e. The zero-order chi connectivity index (χ0) is 22.8. The van der Waals surface area contributed by atoms with Crippen molar-refractivity contribution < 1.29 is 24.2 Å². The fraction of sp³-hybridized carbons (Fsp3) is 0.520. The van der Waals surface area contributed by atoms with Crippen molar-refractivity contribution in [3.05, 3.63) is 46.2 Å². The van der Waals surface area contributed by atoms with Crippen molar-refractivity contribution in [3.8, 4) is 11.5 Å². The molecule has 8 heteroatoms. The Morgan fingerprint density at radius 2 is 2.06 bits per heavy atom. The molecule has 7 nitrogen and oxygen atoms in total. The molecule has 0 radical (unpaired) electrons. The average molecular weight is 471 g/mol. The number of piperidine rings is 1. The van der Waals surface area contributed by atoms with E-state index in [1.165, 1.54) is 0 Å². The second kappa shape index (κ2) is 9.35. The lowest BCUT2D eigenvalue weighted by Crippen LogP contribution is -2.45. The second-order valence-corrected chi connectivity index (χ2v) is 10.4. The summed E-state index contributed by atoms with van der Waals surface area (Å²) in [7, 11) is 0. The third-order valence-corrected chi connectivity index (χ3v) is 8.15. The maximum atomic E-state index is 13.0. The van der Waals surface area contributed by atoms with Gasteiger partial charge in [-0.1, -0.05) is 12.1 Å². The smallest absolute Gasteiger partial charge is 0.231 e. The van der Waals surface area contributed by atoms with E-state index in [-0.39, 0.29) is 24.5 Å². The summed E-state index contributed by atoms with van der Waals surface area (Å²) in [4.78, 5) is 28.0. The summed E-state index contributed by atoms with van der Waals surface area (Å²) < 4.78 is 10.9. The number of carbonyl (C=O) groups is 2. The Balaban J connectivity index is 1.17. The lowest BCUT2D eigenvalue weighted by molar-refractivity contribution is -0.133. The standard InChI is InChI=1S/C25H30N2O5S/c28-22-5-9-25(26-22,15-17-3-4-19-20(14-17)32-16-31-19)10-6-23(29)27-11-7-18(8-12-27)24(30)21-2-1-13-33-21/h1-4,13-14,18,24,30H,5-12,15-16H2,(H,26,28). The average Bonchev–Trinajstić information content (AvgIpc) is 3.59. The van der Waals surface area contributed by atoms with Crippen LogP contribution in [-0.4, -0.2) is 47.2 Å². The first-order chi connectivity index (χ1) is 16.0. The number of carbonyl (C=O) groups excluding carboxylic acids is 2. The number of ether oxygens (including phenoxy) is 2. The molecule has 3 aliphatic rings. The fourth-order valence-electron chi connectivity index (χ4n) is 5.28. The minimum Gasteiger partial charge on any atom is -0.454 e. The zero-order valence-corrected chi connectivity index (χ0v) is 19.4. The molecule has 1 aromatic carbocycles. The fourth-order valence-corrected chi connectivity index (χ4v) is 6.09. The molecule has 2 aromatic rings. The SMILES string of the molecule is O=C1CCC(CCC(=O)N2CCC(C(O)c3cccs3)CC2)(Cc2ccc3c(c2)OCO3)N1. The second-order valence-electron chi connectivity index (χ2n) is 9.37. The topological polar surface area (TPSA) is 88.1 Å². The Morgan fingerprint density at radius 3 is 2.79 bits per heavy atom. The molecule has 2 fully saturated rings. The molecule has 5 rings (SSSR count). The van der Waals surface area contributed by atoms with Gasteiger partial charge in [-0.2, -0.15) is 0 Å². The summed E-state index contributed by atoms with van der Waals surface area (Å²) in [5.41, 5.74) is 0.658. The van der Waals surface area contributed by atoms with Crippen LogP contribution in [0.15, 0.2) is 35.7 Å². The molecule has 2 atom stereocenters. The normalized spacial score (nSPS) is 23.5. The van der Waals surface area contributed by atoms with E-state index in [0.717, 1.165) is 41.2 Å². The van der Waals surface area contributed by atoms with E-state index >= 15 is 0 Å². The number of nitrogens with one attached hydrogen (secondary N) is 1. The molecule has 2 unspecified atom stereocenters. The summed E-state index contributed by atoms with van der Waals surface area (Å²) in [6.45, 7) is 1.58. The van der Waals surface area contributed by atoms with Crippen LogP contribution in [0.3, 0.4) is 0 Å². The maximum Gasteiger partial charge on any atom is 0.231 e. The predicted octanol–water partition coefficient (Wildman–Crippen LogP) is 3.42. The minimum atomic E-state index is -0.444. The van der Waals surface area contributed by atoms with Gasteiger partial charge in [0, 0.05) is 36.3 Å². The highest BCUT2D eigenvalue weighted by Crippen LogP contribution is 2.37. The van der Waals surface area contributed by atoms with Gasteiger partial charge in [-0.15, -0.1) is 11.3 Å². The lowest BCUT2D eigenvalue weighted by atomic mass is 9.84. The Labute approximate surface area is 197 Å². The molecule has 4 heterocycles. The highest BCUT2D eigenvalue weighted by atomic mass is 32.1. The van der Waals surface area contributed by atoms with Gasteiger partial charge in [0.15, 0.2) is 11.5 Å². The van der Waals surface area contributed by atoms with Gasteiger partial charge in [-0.3, -0.25) is 9.59 Å². The van der Waals surface area contributed by atoms with Crippen LogP contribution in [0.4, 0.5) is 0 Å². The van der Waals surface area contributed by atoms with Crippen LogP contribution in [-0.2, 0) is 16.0 Å². The molecule has 2 amide bonds. The molecule has 0 bridgehead atoms. The first-order valence-electron chi connectivity index (χ1n) is 11.7. The molecule has 0 spiro atoms. The number of likely N-dealkylation sites (tertiary alicyclic amines) is 1. The van der Waals surface area contributed by atoms with Crippen molar-refractivity contribution in [2.45, 2.75) is 56.6 Å². The number of hydrogen-bond donors (Lipinski definition) is 2. The van der Waals surface area contributed by atoms with E-state index in [1.54, 1.807) is 11.3 Å². The molecule has 2 N–H and O–H groups in total. The summed E-state index contributed by atoms with van der Waals surface area (Å²) in [6.07, 6.45) is 4.08. The van der Waals surface area contributed by atoms with Crippen molar-refractivity contribution >= 4 is 23.2 Å². The van der Waals surface area contributed by atoms with Crippen LogP contribution in [0.5, 0.6) is 11.5 Å². The van der Waals surface area contributed by atoms with Crippen LogP contribution in [0.2, 0.25) is 0 Å². The van der Waals surface area contributed by atoms with E-state index in [4.69, 9.17) is 9.47 Å². The van der Waals surface area contributed by atoms with Gasteiger partial charge in [0.25, 0.3) is 0 Å². The number of nitrogens with zero attached hydrogens (tertiary/aromatic N) is 1. The highest BCUT2D eigenvalue weighted by molar-refractivity contribution is 7.10. The van der Waals surface area contributed by atoms with Crippen molar-refractivity contribution in [1.29, 1.82) is 0 Å². The van der Waals surface area contributed by atoms with Crippen LogP contribution >= 0.6 is 11.3 Å². The van der Waals surface area contributed by atoms with Gasteiger partial charge in [0.1, 0.15) is 0 Å². The van der Waals surface area contributed by atoms with E-state index in [2.05, 4.69) is 5.32 Å².